The smallest absolute Gasteiger partial charge is 0.246 e. The number of rotatable bonds is 4. The molecule has 2 heterocycles. The van der Waals surface area contributed by atoms with Crippen molar-refractivity contribution in [2.45, 2.75) is 39.3 Å². The van der Waals surface area contributed by atoms with E-state index in [4.69, 9.17) is 4.74 Å². The van der Waals surface area contributed by atoms with Crippen LogP contribution in [0.25, 0.3) is 0 Å². The van der Waals surface area contributed by atoms with E-state index in [9.17, 15) is 4.79 Å². The molecule has 19 heavy (non-hydrogen) atoms. The Hall–Kier alpha value is -1.05. The zero-order chi connectivity index (χ0) is 13.8. The van der Waals surface area contributed by atoms with E-state index in [1.54, 1.807) is 0 Å². The topological polar surface area (TPSA) is 76.1 Å². The molecule has 0 spiro atoms. The fourth-order valence-electron chi connectivity index (χ4n) is 1.95. The van der Waals surface area contributed by atoms with Crippen LogP contribution in [0.15, 0.2) is 0 Å². The highest BCUT2D eigenvalue weighted by atomic mass is 32.1. The molecule has 6 nitrogen and oxygen atoms in total. The number of morpholine rings is 1. The van der Waals surface area contributed by atoms with Gasteiger partial charge in [0.1, 0.15) is 11.0 Å². The Kier molecular flexibility index (Phi) is 4.84. The summed E-state index contributed by atoms with van der Waals surface area (Å²) < 4.78 is 5.45. The molecule has 1 fully saturated rings. The van der Waals surface area contributed by atoms with Gasteiger partial charge < -0.3 is 10.1 Å². The van der Waals surface area contributed by atoms with Crippen LogP contribution in [0.4, 0.5) is 5.13 Å². The number of carbonyl (C=O) groups excluding carboxylic acids is 1. The number of hydrogen-bond donors (Lipinski definition) is 2. The number of nitrogens with zero attached hydrogens (tertiary/aromatic N) is 2. The normalized spacial score (nSPS) is 23.6. The van der Waals surface area contributed by atoms with Crippen LogP contribution in [-0.2, 0) is 16.0 Å². The van der Waals surface area contributed by atoms with Crippen LogP contribution in [0.2, 0.25) is 0 Å². The van der Waals surface area contributed by atoms with Crippen LogP contribution in [0.5, 0.6) is 0 Å². The zero-order valence-corrected chi connectivity index (χ0v) is 12.3. The number of amides is 1. The van der Waals surface area contributed by atoms with Crippen molar-refractivity contribution in [2.75, 3.05) is 18.5 Å². The minimum absolute atomic E-state index is 0.112. The maximum Gasteiger partial charge on any atom is 0.246 e. The molecule has 106 valence electrons. The van der Waals surface area contributed by atoms with Crippen molar-refractivity contribution >= 4 is 22.4 Å². The summed E-state index contributed by atoms with van der Waals surface area (Å²) in [7, 11) is 0. The molecule has 7 heteroatoms. The van der Waals surface area contributed by atoms with Crippen LogP contribution in [0, 0.1) is 5.92 Å². The molecule has 0 saturated carbocycles. The van der Waals surface area contributed by atoms with E-state index in [1.807, 2.05) is 6.92 Å². The molecule has 0 radical (unpaired) electrons. The van der Waals surface area contributed by atoms with Crippen molar-refractivity contribution in [3.63, 3.8) is 0 Å². The maximum atomic E-state index is 12.1. The Labute approximate surface area is 116 Å². The second-order valence-corrected chi connectivity index (χ2v) is 6.16. The van der Waals surface area contributed by atoms with Crippen LogP contribution >= 0.6 is 11.3 Å². The lowest BCUT2D eigenvalue weighted by molar-refractivity contribution is -0.123. The first-order valence-corrected chi connectivity index (χ1v) is 7.36. The van der Waals surface area contributed by atoms with Gasteiger partial charge in [-0.1, -0.05) is 25.2 Å². The molecule has 2 rings (SSSR count). The molecule has 0 aromatic carbocycles. The third kappa shape index (κ3) is 3.95. The molecular weight excluding hydrogens is 264 g/mol. The van der Waals surface area contributed by atoms with Gasteiger partial charge in [-0.25, -0.2) is 0 Å². The lowest BCUT2D eigenvalue weighted by atomic mass is 10.1. The van der Waals surface area contributed by atoms with Crippen molar-refractivity contribution in [3.8, 4) is 0 Å². The largest absolute Gasteiger partial charge is 0.375 e. The molecule has 1 aromatic heterocycles. The van der Waals surface area contributed by atoms with Gasteiger partial charge in [0.25, 0.3) is 0 Å². The van der Waals surface area contributed by atoms with Crippen LogP contribution in [0.3, 0.4) is 0 Å². The summed E-state index contributed by atoms with van der Waals surface area (Å²) in [4.78, 5) is 12.1. The predicted molar refractivity (Wildman–Crippen MR) is 74.3 cm³/mol. The van der Waals surface area contributed by atoms with Gasteiger partial charge in [0.2, 0.25) is 11.0 Å². The van der Waals surface area contributed by atoms with E-state index >= 15 is 0 Å². The van der Waals surface area contributed by atoms with E-state index in [1.165, 1.54) is 11.3 Å². The average Bonchev–Trinajstić information content (AvgIpc) is 2.76. The fraction of sp³-hybridized carbons (Fsp3) is 0.750. The summed E-state index contributed by atoms with van der Waals surface area (Å²) in [5.41, 5.74) is 0. The first-order chi connectivity index (χ1) is 9.06. The highest BCUT2D eigenvalue weighted by Gasteiger charge is 2.28. The van der Waals surface area contributed by atoms with Gasteiger partial charge in [-0.2, -0.15) is 0 Å². The third-order valence-electron chi connectivity index (χ3n) is 2.88. The van der Waals surface area contributed by atoms with Gasteiger partial charge in [-0.05, 0) is 12.8 Å². The lowest BCUT2D eigenvalue weighted by Crippen LogP contribution is -2.53. The van der Waals surface area contributed by atoms with E-state index in [0.29, 0.717) is 24.2 Å². The lowest BCUT2D eigenvalue weighted by Gasteiger charge is -2.28. The van der Waals surface area contributed by atoms with Crippen LogP contribution in [0.1, 0.15) is 25.8 Å². The fourth-order valence-corrected chi connectivity index (χ4v) is 2.90. The summed E-state index contributed by atoms with van der Waals surface area (Å²) in [6.45, 7) is 7.48. The SMILES string of the molecule is CC(C)Cc1nnc(NC(=O)[C@H]2NCCO[C@@H]2C)s1. The van der Waals surface area contributed by atoms with Crippen molar-refractivity contribution in [2.24, 2.45) is 5.92 Å². The molecule has 2 N–H and O–H groups in total. The molecular formula is C12H20N4O2S. The number of carbonyl (C=O) groups is 1. The molecule has 0 aliphatic carbocycles. The highest BCUT2D eigenvalue weighted by molar-refractivity contribution is 7.15. The van der Waals surface area contributed by atoms with Crippen molar-refractivity contribution in [1.29, 1.82) is 0 Å². The van der Waals surface area contributed by atoms with Crippen molar-refractivity contribution < 1.29 is 9.53 Å². The molecule has 1 saturated heterocycles. The van der Waals surface area contributed by atoms with Gasteiger partial charge >= 0.3 is 0 Å². The minimum Gasteiger partial charge on any atom is -0.375 e. The van der Waals surface area contributed by atoms with Gasteiger partial charge in [-0.15, -0.1) is 10.2 Å². The second-order valence-electron chi connectivity index (χ2n) is 5.10. The monoisotopic (exact) mass is 284 g/mol. The highest BCUT2D eigenvalue weighted by Crippen LogP contribution is 2.19. The van der Waals surface area contributed by atoms with E-state index in [0.717, 1.165) is 11.4 Å². The van der Waals surface area contributed by atoms with Crippen LogP contribution < -0.4 is 10.6 Å². The summed E-state index contributed by atoms with van der Waals surface area (Å²) in [6.07, 6.45) is 0.756. The van der Waals surface area contributed by atoms with E-state index < -0.39 is 0 Å². The summed E-state index contributed by atoms with van der Waals surface area (Å²) in [6, 6.07) is -0.328. The zero-order valence-electron chi connectivity index (χ0n) is 11.5. The number of aromatic nitrogens is 2. The van der Waals surface area contributed by atoms with Gasteiger partial charge in [0, 0.05) is 13.0 Å². The number of hydrogen-bond acceptors (Lipinski definition) is 6. The number of ether oxygens (including phenoxy) is 1. The predicted octanol–water partition coefficient (Wildman–Crippen LogP) is 1.05. The Bertz CT molecular complexity index is 435. The molecule has 0 bridgehead atoms. The van der Waals surface area contributed by atoms with Gasteiger partial charge in [0.15, 0.2) is 0 Å². The van der Waals surface area contributed by atoms with Gasteiger partial charge in [-0.3, -0.25) is 10.1 Å². The molecule has 2 atom stereocenters. The van der Waals surface area contributed by atoms with Gasteiger partial charge in [0.05, 0.1) is 12.7 Å². The molecule has 1 aliphatic heterocycles. The Balaban J connectivity index is 1.92. The third-order valence-corrected chi connectivity index (χ3v) is 3.74. The summed E-state index contributed by atoms with van der Waals surface area (Å²) in [5, 5.41) is 15.5. The number of nitrogens with one attached hydrogen (secondary N) is 2. The molecule has 1 aromatic rings. The van der Waals surface area contributed by atoms with Crippen molar-refractivity contribution in [1.82, 2.24) is 15.5 Å². The molecule has 1 aliphatic rings. The molecule has 0 unspecified atom stereocenters. The second kappa shape index (κ2) is 6.40. The first kappa shape index (κ1) is 14.4. The van der Waals surface area contributed by atoms with E-state index in [-0.39, 0.29) is 18.1 Å². The van der Waals surface area contributed by atoms with Crippen LogP contribution in [-0.4, -0.2) is 41.4 Å². The molecule has 1 amide bonds. The number of anilines is 1. The summed E-state index contributed by atoms with van der Waals surface area (Å²) >= 11 is 1.43. The summed E-state index contributed by atoms with van der Waals surface area (Å²) in [5.74, 6) is 0.421. The Morgan fingerprint density at radius 1 is 1.58 bits per heavy atom. The first-order valence-electron chi connectivity index (χ1n) is 6.54. The maximum absolute atomic E-state index is 12.1. The van der Waals surface area contributed by atoms with Crippen molar-refractivity contribution in [3.05, 3.63) is 5.01 Å². The minimum atomic E-state index is -0.328. The average molecular weight is 284 g/mol. The Morgan fingerprint density at radius 2 is 2.37 bits per heavy atom. The van der Waals surface area contributed by atoms with E-state index in [2.05, 4.69) is 34.7 Å². The standard InChI is InChI=1S/C12H20N4O2S/c1-7(2)6-9-15-16-12(19-9)14-11(17)10-8(3)18-5-4-13-10/h7-8,10,13H,4-6H2,1-3H3,(H,14,16,17)/t8-,10+/m1/s1. The quantitative estimate of drug-likeness (QED) is 0.864. The Morgan fingerprint density at radius 3 is 3.05 bits per heavy atom.